The van der Waals surface area contributed by atoms with E-state index in [2.05, 4.69) is 60.3 Å². The Morgan fingerprint density at radius 1 is 0.879 bits per heavy atom. The number of halogens is 2. The monoisotopic (exact) mass is 479 g/mol. The van der Waals surface area contributed by atoms with Gasteiger partial charge >= 0.3 is 0 Å². The topological polar surface area (TPSA) is 19.4 Å². The lowest BCUT2D eigenvalue weighted by atomic mass is 9.71. The fraction of sp³-hybridized carbons (Fsp3) is 0.393. The van der Waals surface area contributed by atoms with Gasteiger partial charge in [0.25, 0.3) is 0 Å². The molecule has 2 aliphatic heterocycles. The van der Waals surface area contributed by atoms with Gasteiger partial charge in [-0.1, -0.05) is 65.7 Å². The van der Waals surface area contributed by atoms with Crippen LogP contribution in [0.1, 0.15) is 48.5 Å². The van der Waals surface area contributed by atoms with Crippen molar-refractivity contribution in [2.24, 2.45) is 0 Å². The van der Waals surface area contributed by atoms with Crippen molar-refractivity contribution in [3.05, 3.63) is 99.8 Å². The molecule has 172 valence electrons. The van der Waals surface area contributed by atoms with E-state index < -0.39 is 0 Å². The van der Waals surface area contributed by atoms with E-state index in [0.717, 1.165) is 40.6 Å². The molecule has 0 amide bonds. The van der Waals surface area contributed by atoms with Crippen LogP contribution in [0.15, 0.2) is 72.9 Å². The molecule has 2 saturated heterocycles. The standard InChI is InChI=1S/C28H31Cl2N3/c1-32(2)19-28(26-13-7-8-16-31-26)17-20-14-15-21(18-28)33(20)27(22-9-3-5-11-24(22)29)23-10-4-6-12-25(23)30/h3-13,16,20-21,27H,14-15,17-19H2,1-2H3/t20-,21+,28?. The minimum Gasteiger partial charge on any atom is -0.308 e. The van der Waals surface area contributed by atoms with Crippen LogP contribution in [0.4, 0.5) is 0 Å². The second-order valence-electron chi connectivity index (χ2n) is 9.92. The molecular weight excluding hydrogens is 449 g/mol. The van der Waals surface area contributed by atoms with Gasteiger partial charge < -0.3 is 4.90 Å². The fourth-order valence-corrected chi connectivity index (χ4v) is 6.86. The lowest BCUT2D eigenvalue weighted by molar-refractivity contribution is 0.0449. The zero-order chi connectivity index (χ0) is 23.0. The van der Waals surface area contributed by atoms with Crippen molar-refractivity contribution in [2.75, 3.05) is 20.6 Å². The van der Waals surface area contributed by atoms with Gasteiger partial charge in [-0.2, -0.15) is 0 Å². The van der Waals surface area contributed by atoms with Crippen LogP contribution in [0, 0.1) is 0 Å². The number of aromatic nitrogens is 1. The first kappa shape index (κ1) is 22.9. The van der Waals surface area contributed by atoms with Crippen molar-refractivity contribution in [3.63, 3.8) is 0 Å². The molecular formula is C28H31Cl2N3. The van der Waals surface area contributed by atoms with Gasteiger partial charge in [-0.15, -0.1) is 0 Å². The molecule has 2 bridgehead atoms. The maximum absolute atomic E-state index is 6.79. The van der Waals surface area contributed by atoms with Crippen molar-refractivity contribution >= 4 is 23.2 Å². The molecule has 3 atom stereocenters. The third kappa shape index (κ3) is 4.33. The highest BCUT2D eigenvalue weighted by Gasteiger charge is 2.52. The Hall–Kier alpha value is -1.91. The summed E-state index contributed by atoms with van der Waals surface area (Å²) in [6, 6.07) is 23.8. The minimum absolute atomic E-state index is 0.0472. The van der Waals surface area contributed by atoms with Gasteiger partial charge in [0.2, 0.25) is 0 Å². The number of benzene rings is 2. The van der Waals surface area contributed by atoms with Crippen molar-refractivity contribution < 1.29 is 0 Å². The predicted molar refractivity (Wildman–Crippen MR) is 137 cm³/mol. The van der Waals surface area contributed by atoms with Gasteiger partial charge in [0, 0.05) is 46.0 Å². The number of likely N-dealkylation sites (N-methyl/N-ethyl adjacent to an activating group) is 1. The lowest BCUT2D eigenvalue weighted by Gasteiger charge is -2.50. The van der Waals surface area contributed by atoms with E-state index in [9.17, 15) is 0 Å². The second-order valence-corrected chi connectivity index (χ2v) is 10.7. The van der Waals surface area contributed by atoms with Gasteiger partial charge in [-0.05, 0) is 75.2 Å². The molecule has 0 radical (unpaired) electrons. The zero-order valence-electron chi connectivity index (χ0n) is 19.3. The van der Waals surface area contributed by atoms with Crippen molar-refractivity contribution in [1.29, 1.82) is 0 Å². The van der Waals surface area contributed by atoms with Gasteiger partial charge in [0.1, 0.15) is 0 Å². The van der Waals surface area contributed by atoms with Crippen LogP contribution in [0.25, 0.3) is 0 Å². The summed E-state index contributed by atoms with van der Waals surface area (Å²) in [7, 11) is 4.35. The van der Waals surface area contributed by atoms with Gasteiger partial charge in [-0.3, -0.25) is 9.88 Å². The van der Waals surface area contributed by atoms with E-state index >= 15 is 0 Å². The normalized spacial score (nSPS) is 25.2. The maximum Gasteiger partial charge on any atom is 0.0636 e. The summed E-state index contributed by atoms with van der Waals surface area (Å²) < 4.78 is 0. The highest BCUT2D eigenvalue weighted by atomic mass is 35.5. The van der Waals surface area contributed by atoms with E-state index in [1.807, 2.05) is 36.5 Å². The van der Waals surface area contributed by atoms with Crippen LogP contribution < -0.4 is 0 Å². The van der Waals surface area contributed by atoms with Crippen LogP contribution in [0.3, 0.4) is 0 Å². The van der Waals surface area contributed by atoms with Crippen molar-refractivity contribution in [1.82, 2.24) is 14.8 Å². The lowest BCUT2D eigenvalue weighted by Crippen LogP contribution is -2.54. The first-order valence-electron chi connectivity index (χ1n) is 11.8. The summed E-state index contributed by atoms with van der Waals surface area (Å²) >= 11 is 13.6. The molecule has 1 aromatic heterocycles. The Kier molecular flexibility index (Phi) is 6.50. The molecule has 0 N–H and O–H groups in total. The van der Waals surface area contributed by atoms with E-state index in [4.69, 9.17) is 28.2 Å². The third-order valence-electron chi connectivity index (χ3n) is 7.45. The molecule has 0 saturated carbocycles. The van der Waals surface area contributed by atoms with Crippen LogP contribution in [0.5, 0.6) is 0 Å². The molecule has 5 rings (SSSR count). The number of rotatable bonds is 6. The Bertz CT molecular complexity index is 1040. The minimum atomic E-state index is 0.0472. The number of fused-ring (bicyclic) bond motifs is 2. The molecule has 0 spiro atoms. The molecule has 2 aliphatic rings. The smallest absolute Gasteiger partial charge is 0.0636 e. The zero-order valence-corrected chi connectivity index (χ0v) is 20.8. The van der Waals surface area contributed by atoms with Crippen LogP contribution >= 0.6 is 23.2 Å². The van der Waals surface area contributed by atoms with Crippen LogP contribution in [-0.2, 0) is 5.41 Å². The average molecular weight is 480 g/mol. The first-order chi connectivity index (χ1) is 16.0. The van der Waals surface area contributed by atoms with E-state index in [-0.39, 0.29) is 11.5 Å². The summed E-state index contributed by atoms with van der Waals surface area (Å²) in [6.07, 6.45) is 6.50. The largest absolute Gasteiger partial charge is 0.308 e. The van der Waals surface area contributed by atoms with Crippen LogP contribution in [-0.4, -0.2) is 47.5 Å². The molecule has 3 aromatic rings. The first-order valence-corrected chi connectivity index (χ1v) is 12.6. The molecule has 1 unspecified atom stereocenters. The van der Waals surface area contributed by atoms with Gasteiger partial charge in [-0.25, -0.2) is 0 Å². The highest BCUT2D eigenvalue weighted by Crippen LogP contribution is 2.52. The molecule has 2 aromatic carbocycles. The number of nitrogens with zero attached hydrogens (tertiary/aromatic N) is 3. The van der Waals surface area contributed by atoms with Gasteiger partial charge in [0.05, 0.1) is 6.04 Å². The molecule has 3 nitrogen and oxygen atoms in total. The number of hydrogen-bond donors (Lipinski definition) is 0. The number of pyridine rings is 1. The van der Waals surface area contributed by atoms with E-state index in [0.29, 0.717) is 12.1 Å². The molecule has 0 aliphatic carbocycles. The molecule has 3 heterocycles. The average Bonchev–Trinajstić information content (AvgIpc) is 3.07. The summed E-state index contributed by atoms with van der Waals surface area (Å²) in [5.41, 5.74) is 3.56. The number of hydrogen-bond acceptors (Lipinski definition) is 3. The van der Waals surface area contributed by atoms with Crippen LogP contribution in [0.2, 0.25) is 10.0 Å². The number of piperidine rings is 1. The quantitative estimate of drug-likeness (QED) is 0.396. The second kappa shape index (κ2) is 9.38. The van der Waals surface area contributed by atoms with Crippen molar-refractivity contribution in [3.8, 4) is 0 Å². The maximum atomic E-state index is 6.79. The Morgan fingerprint density at radius 2 is 1.42 bits per heavy atom. The highest BCUT2D eigenvalue weighted by molar-refractivity contribution is 6.32. The van der Waals surface area contributed by atoms with E-state index in [1.54, 1.807) is 0 Å². The van der Waals surface area contributed by atoms with E-state index in [1.165, 1.54) is 18.5 Å². The Labute approximate surface area is 207 Å². The Morgan fingerprint density at radius 3 is 1.91 bits per heavy atom. The summed E-state index contributed by atoms with van der Waals surface area (Å²) in [5.74, 6) is 0. The molecule has 33 heavy (non-hydrogen) atoms. The third-order valence-corrected chi connectivity index (χ3v) is 8.14. The summed E-state index contributed by atoms with van der Waals surface area (Å²) in [6.45, 7) is 1.01. The summed E-state index contributed by atoms with van der Waals surface area (Å²) in [5, 5.41) is 1.60. The Balaban J connectivity index is 1.58. The molecule has 5 heteroatoms. The predicted octanol–water partition coefficient (Wildman–Crippen LogP) is 6.60. The SMILES string of the molecule is CN(C)CC1(c2ccccn2)C[C@H]2CC[C@@H](C1)N2C(c1ccccc1Cl)c1ccccc1Cl. The molecule has 2 fully saturated rings. The summed E-state index contributed by atoms with van der Waals surface area (Å²) in [4.78, 5) is 9.90. The van der Waals surface area contributed by atoms with Gasteiger partial charge in [0.15, 0.2) is 0 Å². The fourth-order valence-electron chi connectivity index (χ4n) is 6.39. The van der Waals surface area contributed by atoms with Crippen molar-refractivity contribution in [2.45, 2.75) is 49.2 Å².